The maximum absolute atomic E-state index is 13.4. The molecule has 0 radical (unpaired) electrons. The number of anilines is 1. The second-order valence-electron chi connectivity index (χ2n) is 8.29. The molecule has 9 heteroatoms. The van der Waals surface area contributed by atoms with Crippen LogP contribution in [0, 0.1) is 5.92 Å². The molecule has 0 bridgehead atoms. The van der Waals surface area contributed by atoms with Crippen LogP contribution in [0.1, 0.15) is 43.6 Å². The van der Waals surface area contributed by atoms with Gasteiger partial charge in [-0.1, -0.05) is 51.4 Å². The molecule has 0 saturated heterocycles. The zero-order valence-corrected chi connectivity index (χ0v) is 20.9. The van der Waals surface area contributed by atoms with Crippen molar-refractivity contribution in [1.82, 2.24) is 9.62 Å². The molecule has 0 saturated carbocycles. The molecule has 2 aromatic carbocycles. The molecule has 3 rings (SSSR count). The molecule has 1 atom stereocenters. The van der Waals surface area contributed by atoms with E-state index in [-0.39, 0.29) is 16.7 Å². The lowest BCUT2D eigenvalue weighted by atomic mass is 10.0. The van der Waals surface area contributed by atoms with Gasteiger partial charge in [-0.25, -0.2) is 8.42 Å². The smallest absolute Gasteiger partial charge is 0.253 e. The van der Waals surface area contributed by atoms with Crippen LogP contribution in [0.3, 0.4) is 0 Å². The highest BCUT2D eigenvalue weighted by molar-refractivity contribution is 7.89. The highest BCUT2D eigenvalue weighted by atomic mass is 35.5. The number of sulfonamides is 1. The predicted molar refractivity (Wildman–Crippen MR) is 130 cm³/mol. The maximum atomic E-state index is 13.4. The number of amides is 2. The zero-order valence-electron chi connectivity index (χ0n) is 19.3. The van der Waals surface area contributed by atoms with Gasteiger partial charge in [0.15, 0.2) is 0 Å². The van der Waals surface area contributed by atoms with Gasteiger partial charge < -0.3 is 10.2 Å². The number of rotatable bonds is 8. The molecule has 7 nitrogen and oxygen atoms in total. The van der Waals surface area contributed by atoms with Crippen molar-refractivity contribution in [2.24, 2.45) is 5.92 Å². The van der Waals surface area contributed by atoms with Crippen LogP contribution in [-0.2, 0) is 21.2 Å². The minimum atomic E-state index is -3.58. The number of carbonyl (C=O) groups excluding carboxylic acids is 2. The summed E-state index contributed by atoms with van der Waals surface area (Å²) in [4.78, 5) is 28.1. The zero-order chi connectivity index (χ0) is 24.3. The average Bonchev–Trinajstić information content (AvgIpc) is 3.21. The highest BCUT2D eigenvalue weighted by Gasteiger charge is 2.34. The molecule has 0 spiro atoms. The van der Waals surface area contributed by atoms with E-state index in [1.165, 1.54) is 4.31 Å². The lowest BCUT2D eigenvalue weighted by Crippen LogP contribution is -2.51. The van der Waals surface area contributed by atoms with Crippen molar-refractivity contribution in [3.05, 3.63) is 58.6 Å². The second-order valence-corrected chi connectivity index (χ2v) is 10.6. The van der Waals surface area contributed by atoms with Gasteiger partial charge in [-0.15, -0.1) is 0 Å². The molecule has 2 amide bonds. The van der Waals surface area contributed by atoms with E-state index in [1.54, 1.807) is 61.2 Å². The van der Waals surface area contributed by atoms with Gasteiger partial charge in [0.2, 0.25) is 15.9 Å². The first kappa shape index (κ1) is 25.2. The minimum Gasteiger partial charge on any atom is -0.340 e. The number of benzene rings is 2. The number of carbonyl (C=O) groups is 2. The van der Waals surface area contributed by atoms with Gasteiger partial charge in [-0.3, -0.25) is 9.59 Å². The third-order valence-corrected chi connectivity index (χ3v) is 8.27. The molecule has 1 heterocycles. The van der Waals surface area contributed by atoms with Gasteiger partial charge in [-0.2, -0.15) is 4.31 Å². The lowest BCUT2D eigenvalue weighted by molar-refractivity contribution is -0.121. The minimum absolute atomic E-state index is 0.157. The van der Waals surface area contributed by atoms with Gasteiger partial charge >= 0.3 is 0 Å². The summed E-state index contributed by atoms with van der Waals surface area (Å²) in [5.74, 6) is -0.799. The number of fused-ring (bicyclic) bond motifs is 1. The van der Waals surface area contributed by atoms with Crippen molar-refractivity contribution in [3.63, 3.8) is 0 Å². The Kier molecular flexibility index (Phi) is 7.82. The monoisotopic (exact) mass is 491 g/mol. The summed E-state index contributed by atoms with van der Waals surface area (Å²) in [6, 6.07) is 10.8. The van der Waals surface area contributed by atoms with Gasteiger partial charge in [0, 0.05) is 25.3 Å². The molecular formula is C24H30ClN3O4S. The molecule has 0 fully saturated rings. The summed E-state index contributed by atoms with van der Waals surface area (Å²) in [6.07, 6.45) is 0.548. The summed E-state index contributed by atoms with van der Waals surface area (Å²) < 4.78 is 27.2. The molecular weight excluding hydrogens is 462 g/mol. The molecule has 0 unspecified atom stereocenters. The van der Waals surface area contributed by atoms with E-state index >= 15 is 0 Å². The van der Waals surface area contributed by atoms with Gasteiger partial charge in [0.1, 0.15) is 6.04 Å². The first-order valence-corrected chi connectivity index (χ1v) is 12.9. The topological polar surface area (TPSA) is 86.8 Å². The van der Waals surface area contributed by atoms with Crippen molar-refractivity contribution >= 4 is 39.1 Å². The standard InChI is InChI=1S/C24H30ClN3O4S/c1-5-27(6-2)33(31,32)18-11-12-21-17(15-18)13-14-28(21)24(30)22(16(3)4)26-23(29)19-9-7-8-10-20(19)25/h7-12,15-16,22H,5-6,13-14H2,1-4H3,(H,26,29)/t22-/m0/s1. The molecule has 1 aliphatic heterocycles. The van der Waals surface area contributed by atoms with Gasteiger partial charge in [-0.05, 0) is 48.2 Å². The van der Waals surface area contributed by atoms with E-state index in [0.29, 0.717) is 42.3 Å². The Balaban J connectivity index is 1.85. The Morgan fingerprint density at radius 1 is 1.12 bits per heavy atom. The van der Waals surface area contributed by atoms with Gasteiger partial charge in [0.05, 0.1) is 15.5 Å². The summed E-state index contributed by atoms with van der Waals surface area (Å²) in [7, 11) is -3.58. The fourth-order valence-electron chi connectivity index (χ4n) is 4.03. The Bertz CT molecular complexity index is 1150. The number of hydrogen-bond donors (Lipinski definition) is 1. The van der Waals surface area contributed by atoms with E-state index in [1.807, 2.05) is 13.8 Å². The second kappa shape index (κ2) is 10.2. The van der Waals surface area contributed by atoms with Crippen LogP contribution < -0.4 is 10.2 Å². The van der Waals surface area contributed by atoms with Crippen molar-refractivity contribution in [2.45, 2.75) is 45.1 Å². The van der Waals surface area contributed by atoms with Crippen LogP contribution in [0.5, 0.6) is 0 Å². The Labute approximate surface area is 200 Å². The van der Waals surface area contributed by atoms with Crippen molar-refractivity contribution in [2.75, 3.05) is 24.5 Å². The van der Waals surface area contributed by atoms with E-state index in [4.69, 9.17) is 11.6 Å². The van der Waals surface area contributed by atoms with Crippen molar-refractivity contribution in [1.29, 1.82) is 0 Å². The SMILES string of the molecule is CCN(CC)S(=O)(=O)c1ccc2c(c1)CCN2C(=O)[C@@H](NC(=O)c1ccccc1Cl)C(C)C. The highest BCUT2D eigenvalue weighted by Crippen LogP contribution is 2.32. The Morgan fingerprint density at radius 2 is 1.79 bits per heavy atom. The molecule has 33 heavy (non-hydrogen) atoms. The average molecular weight is 492 g/mol. The lowest BCUT2D eigenvalue weighted by Gasteiger charge is -2.27. The first-order chi connectivity index (χ1) is 15.6. The fourth-order valence-corrected chi connectivity index (χ4v) is 5.76. The van der Waals surface area contributed by atoms with E-state index in [2.05, 4.69) is 5.32 Å². The summed E-state index contributed by atoms with van der Waals surface area (Å²) >= 11 is 6.14. The molecule has 1 aliphatic rings. The predicted octanol–water partition coefficient (Wildman–Crippen LogP) is 3.71. The molecule has 0 aromatic heterocycles. The summed E-state index contributed by atoms with van der Waals surface area (Å²) in [5, 5.41) is 3.15. The quantitative estimate of drug-likeness (QED) is 0.609. The number of nitrogens with one attached hydrogen (secondary N) is 1. The van der Waals surface area contributed by atoms with Crippen molar-refractivity contribution in [3.8, 4) is 0 Å². The van der Waals surface area contributed by atoms with Crippen LogP contribution in [0.15, 0.2) is 47.4 Å². The largest absolute Gasteiger partial charge is 0.340 e. The van der Waals surface area contributed by atoms with Crippen LogP contribution in [0.2, 0.25) is 5.02 Å². The molecule has 178 valence electrons. The van der Waals surface area contributed by atoms with Crippen LogP contribution in [0.25, 0.3) is 0 Å². The van der Waals surface area contributed by atoms with Crippen LogP contribution in [-0.4, -0.2) is 50.2 Å². The first-order valence-electron chi connectivity index (χ1n) is 11.1. The van der Waals surface area contributed by atoms with Crippen molar-refractivity contribution < 1.29 is 18.0 Å². The van der Waals surface area contributed by atoms with Crippen LogP contribution in [0.4, 0.5) is 5.69 Å². The number of halogens is 1. The van der Waals surface area contributed by atoms with Crippen LogP contribution >= 0.6 is 11.6 Å². The molecule has 0 aliphatic carbocycles. The van der Waals surface area contributed by atoms with E-state index < -0.39 is 22.0 Å². The number of hydrogen-bond acceptors (Lipinski definition) is 4. The molecule has 2 aromatic rings. The Hall–Kier alpha value is -2.42. The fraction of sp³-hybridized carbons (Fsp3) is 0.417. The maximum Gasteiger partial charge on any atom is 0.253 e. The van der Waals surface area contributed by atoms with Gasteiger partial charge in [0.25, 0.3) is 5.91 Å². The third kappa shape index (κ3) is 5.08. The third-order valence-electron chi connectivity index (χ3n) is 5.89. The number of nitrogens with zero attached hydrogens (tertiary/aromatic N) is 2. The van der Waals surface area contributed by atoms with E-state index in [0.717, 1.165) is 5.56 Å². The Morgan fingerprint density at radius 3 is 2.39 bits per heavy atom. The normalized spacial score (nSPS) is 14.5. The van der Waals surface area contributed by atoms with E-state index in [9.17, 15) is 18.0 Å². The summed E-state index contributed by atoms with van der Waals surface area (Å²) in [6.45, 7) is 8.55. The molecule has 1 N–H and O–H groups in total. The summed E-state index contributed by atoms with van der Waals surface area (Å²) in [5.41, 5.74) is 1.79.